The first-order valence-corrected chi connectivity index (χ1v) is 13.6. The number of aromatic nitrogens is 1. The van der Waals surface area contributed by atoms with Gasteiger partial charge in [-0.05, 0) is 135 Å². The Morgan fingerprint density at radius 1 is 1.00 bits per heavy atom. The smallest absolute Gasteiger partial charge is 0.0346 e. The van der Waals surface area contributed by atoms with E-state index in [1.807, 2.05) is 11.8 Å². The maximum atomic E-state index is 4.41. The van der Waals surface area contributed by atoms with Crippen molar-refractivity contribution in [1.82, 2.24) is 9.88 Å². The van der Waals surface area contributed by atoms with E-state index in [-0.39, 0.29) is 0 Å². The molecule has 1 aromatic carbocycles. The van der Waals surface area contributed by atoms with E-state index in [2.05, 4.69) is 67.4 Å². The van der Waals surface area contributed by atoms with Gasteiger partial charge in [-0.15, -0.1) is 0 Å². The van der Waals surface area contributed by atoms with Gasteiger partial charge in [-0.2, -0.15) is 0 Å². The molecule has 2 spiro atoms. The molecule has 2 aromatic rings. The summed E-state index contributed by atoms with van der Waals surface area (Å²) in [6.45, 7) is 2.67. The van der Waals surface area contributed by atoms with E-state index < -0.39 is 0 Å². The summed E-state index contributed by atoms with van der Waals surface area (Å²) in [6.07, 6.45) is 21.1. The van der Waals surface area contributed by atoms with Gasteiger partial charge in [0.05, 0.1) is 0 Å². The number of hydrogen-bond donors (Lipinski definition) is 0. The number of benzene rings is 1. The van der Waals surface area contributed by atoms with Crippen LogP contribution in [-0.2, 0) is 0 Å². The Balaban J connectivity index is 1.25. The molecule has 4 fully saturated rings. The zero-order valence-corrected chi connectivity index (χ0v) is 20.8. The van der Waals surface area contributed by atoms with Crippen molar-refractivity contribution >= 4 is 10.8 Å². The molecule has 7 atom stereocenters. The molecule has 0 saturated heterocycles. The fourth-order valence-electron chi connectivity index (χ4n) is 10.2. The summed E-state index contributed by atoms with van der Waals surface area (Å²) in [6, 6.07) is 10.2. The Hall–Kier alpha value is -1.67. The van der Waals surface area contributed by atoms with Crippen molar-refractivity contribution in [3.63, 3.8) is 0 Å². The van der Waals surface area contributed by atoms with Crippen molar-refractivity contribution < 1.29 is 0 Å². The van der Waals surface area contributed by atoms with Gasteiger partial charge in [0.25, 0.3) is 0 Å². The van der Waals surface area contributed by atoms with E-state index in [0.717, 1.165) is 17.9 Å². The molecule has 0 aliphatic heterocycles. The molecule has 174 valence electrons. The van der Waals surface area contributed by atoms with Crippen LogP contribution in [-0.4, -0.2) is 30.0 Å². The van der Waals surface area contributed by atoms with Gasteiger partial charge >= 0.3 is 0 Å². The minimum atomic E-state index is 0.410. The predicted molar refractivity (Wildman–Crippen MR) is 136 cm³/mol. The first kappa shape index (κ1) is 20.7. The van der Waals surface area contributed by atoms with Crippen LogP contribution < -0.4 is 0 Å². The van der Waals surface area contributed by atoms with Gasteiger partial charge in [0.15, 0.2) is 0 Å². The summed E-state index contributed by atoms with van der Waals surface area (Å²) in [7, 11) is 4.64. The molecule has 1 aromatic heterocycles. The molecular weight excluding hydrogens is 400 g/mol. The lowest BCUT2D eigenvalue weighted by Gasteiger charge is -2.58. The summed E-state index contributed by atoms with van der Waals surface area (Å²) < 4.78 is 0. The molecule has 2 nitrogen and oxygen atoms in total. The van der Waals surface area contributed by atoms with Crippen molar-refractivity contribution in [2.45, 2.75) is 83.1 Å². The van der Waals surface area contributed by atoms with E-state index >= 15 is 0 Å². The highest BCUT2D eigenvalue weighted by Crippen LogP contribution is 2.76. The maximum absolute atomic E-state index is 4.41. The zero-order chi connectivity index (χ0) is 22.4. The third-order valence-electron chi connectivity index (χ3n) is 11.8. The predicted octanol–water partition coefficient (Wildman–Crippen LogP) is 7.36. The molecule has 5 aliphatic carbocycles. The van der Waals surface area contributed by atoms with Crippen molar-refractivity contribution in [2.24, 2.45) is 28.1 Å². The molecule has 2 unspecified atom stereocenters. The van der Waals surface area contributed by atoms with Crippen molar-refractivity contribution in [1.29, 1.82) is 0 Å². The van der Waals surface area contributed by atoms with Gasteiger partial charge in [-0.3, -0.25) is 4.98 Å². The van der Waals surface area contributed by atoms with Crippen LogP contribution in [0.2, 0.25) is 0 Å². The van der Waals surface area contributed by atoms with Crippen LogP contribution in [0.15, 0.2) is 48.3 Å². The average Bonchev–Trinajstić information content (AvgIpc) is 3.33. The third kappa shape index (κ3) is 2.74. The largest absolute Gasteiger partial charge is 0.306 e. The van der Waals surface area contributed by atoms with Crippen LogP contribution in [0.25, 0.3) is 10.8 Å². The Morgan fingerprint density at radius 3 is 2.79 bits per heavy atom. The van der Waals surface area contributed by atoms with Crippen LogP contribution in [0.1, 0.15) is 82.6 Å². The van der Waals surface area contributed by atoms with Crippen molar-refractivity contribution in [2.75, 3.05) is 14.1 Å². The first-order valence-electron chi connectivity index (χ1n) is 13.6. The van der Waals surface area contributed by atoms with Crippen molar-refractivity contribution in [3.05, 3.63) is 53.9 Å². The quantitative estimate of drug-likeness (QED) is 0.454. The molecule has 5 aliphatic rings. The van der Waals surface area contributed by atoms with Gasteiger partial charge in [0, 0.05) is 23.8 Å². The fourth-order valence-corrected chi connectivity index (χ4v) is 10.2. The number of hydrogen-bond acceptors (Lipinski definition) is 2. The summed E-state index contributed by atoms with van der Waals surface area (Å²) in [4.78, 5) is 6.94. The fraction of sp³-hybridized carbons (Fsp3) is 0.645. The molecule has 33 heavy (non-hydrogen) atoms. The summed E-state index contributed by atoms with van der Waals surface area (Å²) >= 11 is 0. The van der Waals surface area contributed by atoms with E-state index in [4.69, 9.17) is 0 Å². The highest BCUT2D eigenvalue weighted by molar-refractivity contribution is 5.82. The average molecular weight is 441 g/mol. The molecule has 7 rings (SSSR count). The van der Waals surface area contributed by atoms with Crippen LogP contribution in [0.4, 0.5) is 0 Å². The number of rotatable bonds is 2. The molecule has 0 radical (unpaired) electrons. The number of fused-ring (bicyclic) bond motifs is 2. The standard InChI is InChI=1S/C31H40N2/c1-29-12-10-25-17-24-6-7-26(33(2)3)18-30(24)13-14-31(25,20-30)28(29)9-8-27(29)22-5-4-21-11-15-32-19-23(21)16-22/h4-5,10-11,15-16,19,24,26-28H,6-9,12-14,17-18,20H2,1-3H3/t24?,26-,27-,28-,29?,30+,31-/m1/s1. The second-order valence-corrected chi connectivity index (χ2v) is 13.1. The zero-order valence-electron chi connectivity index (χ0n) is 20.8. The maximum Gasteiger partial charge on any atom is 0.0346 e. The number of pyridine rings is 1. The highest BCUT2D eigenvalue weighted by Gasteiger charge is 2.66. The molecule has 2 heteroatoms. The van der Waals surface area contributed by atoms with Gasteiger partial charge in [-0.25, -0.2) is 0 Å². The van der Waals surface area contributed by atoms with Gasteiger partial charge < -0.3 is 4.90 Å². The van der Waals surface area contributed by atoms with Crippen molar-refractivity contribution in [3.8, 4) is 0 Å². The minimum absolute atomic E-state index is 0.410. The molecule has 0 amide bonds. The molecule has 2 bridgehead atoms. The van der Waals surface area contributed by atoms with Gasteiger partial charge in [0.1, 0.15) is 0 Å². The monoisotopic (exact) mass is 440 g/mol. The summed E-state index contributed by atoms with van der Waals surface area (Å²) in [5, 5.41) is 2.63. The molecular formula is C31H40N2. The van der Waals surface area contributed by atoms with Crippen LogP contribution in [0, 0.1) is 28.1 Å². The van der Waals surface area contributed by atoms with E-state index in [0.29, 0.717) is 22.2 Å². The second kappa shape index (κ2) is 6.94. The highest BCUT2D eigenvalue weighted by atomic mass is 15.1. The molecule has 4 saturated carbocycles. The van der Waals surface area contributed by atoms with Crippen LogP contribution in [0.3, 0.4) is 0 Å². The lowest BCUT2D eigenvalue weighted by molar-refractivity contribution is -0.0191. The molecule has 0 N–H and O–H groups in total. The Kier molecular flexibility index (Phi) is 4.35. The Bertz CT molecular complexity index is 1130. The van der Waals surface area contributed by atoms with Gasteiger partial charge in [0.2, 0.25) is 0 Å². The number of allylic oxidation sites excluding steroid dienone is 2. The van der Waals surface area contributed by atoms with Gasteiger partial charge in [-0.1, -0.05) is 30.7 Å². The lowest BCUT2D eigenvalue weighted by Crippen LogP contribution is -2.50. The second-order valence-electron chi connectivity index (χ2n) is 13.1. The topological polar surface area (TPSA) is 16.1 Å². The first-order chi connectivity index (χ1) is 15.9. The Morgan fingerprint density at radius 2 is 1.91 bits per heavy atom. The SMILES string of the molecule is CN(C)[C@@H]1CCC2CC3=CCC4(C)[C@@H](c5ccc6ccncc6c5)CC[C@H]4[C@@]34CC[C@]2(C1)C4. The normalized spacial score (nSPS) is 43.8. The Labute approximate surface area is 199 Å². The lowest BCUT2D eigenvalue weighted by atomic mass is 9.47. The van der Waals surface area contributed by atoms with E-state index in [9.17, 15) is 0 Å². The summed E-state index contributed by atoms with van der Waals surface area (Å²) in [5.74, 6) is 2.53. The summed E-state index contributed by atoms with van der Waals surface area (Å²) in [5.41, 5.74) is 5.04. The van der Waals surface area contributed by atoms with Crippen LogP contribution >= 0.6 is 0 Å². The van der Waals surface area contributed by atoms with E-state index in [1.54, 1.807) is 5.56 Å². The van der Waals surface area contributed by atoms with Crippen LogP contribution in [0.5, 0.6) is 0 Å². The van der Waals surface area contributed by atoms with E-state index in [1.165, 1.54) is 75.0 Å². The minimum Gasteiger partial charge on any atom is -0.306 e. The number of nitrogens with zero attached hydrogens (tertiary/aromatic N) is 2. The molecule has 1 heterocycles. The third-order valence-corrected chi connectivity index (χ3v) is 11.8.